The van der Waals surface area contributed by atoms with Crippen LogP contribution in [0.5, 0.6) is 0 Å². The lowest BCUT2D eigenvalue weighted by Gasteiger charge is -2.23. The van der Waals surface area contributed by atoms with Crippen LogP contribution in [0.15, 0.2) is 41.8 Å². The van der Waals surface area contributed by atoms with Gasteiger partial charge in [-0.1, -0.05) is 18.2 Å². The van der Waals surface area contributed by atoms with Crippen molar-refractivity contribution in [2.45, 2.75) is 25.5 Å². The molecule has 0 radical (unpaired) electrons. The zero-order chi connectivity index (χ0) is 16.4. The Kier molecular flexibility index (Phi) is 4.60. The largest absolute Gasteiger partial charge is 0.364 e. The SMILES string of the molecule is O=C(COCc1nc2ccccc2s1)N1CCC[C@H]1c1cccs1. The maximum Gasteiger partial charge on any atom is 0.249 e. The van der Waals surface area contributed by atoms with E-state index in [2.05, 4.69) is 22.5 Å². The third-order valence-corrected chi connectivity index (χ3v) is 6.22. The molecule has 4 nitrogen and oxygen atoms in total. The van der Waals surface area contributed by atoms with Crippen LogP contribution in [-0.2, 0) is 16.1 Å². The van der Waals surface area contributed by atoms with Crippen LogP contribution in [0.2, 0.25) is 0 Å². The van der Waals surface area contributed by atoms with Crippen molar-refractivity contribution in [1.29, 1.82) is 0 Å². The van der Waals surface area contributed by atoms with E-state index < -0.39 is 0 Å². The molecule has 0 aliphatic carbocycles. The molecule has 1 atom stereocenters. The van der Waals surface area contributed by atoms with E-state index in [-0.39, 0.29) is 18.6 Å². The van der Waals surface area contributed by atoms with Crippen molar-refractivity contribution in [3.63, 3.8) is 0 Å². The van der Waals surface area contributed by atoms with E-state index in [1.165, 1.54) is 4.88 Å². The first-order valence-electron chi connectivity index (χ1n) is 8.06. The van der Waals surface area contributed by atoms with Crippen LogP contribution in [-0.4, -0.2) is 28.9 Å². The monoisotopic (exact) mass is 358 g/mol. The second-order valence-corrected chi connectivity index (χ2v) is 7.92. The Balaban J connectivity index is 1.34. The smallest absolute Gasteiger partial charge is 0.249 e. The summed E-state index contributed by atoms with van der Waals surface area (Å²) in [7, 11) is 0. The highest BCUT2D eigenvalue weighted by molar-refractivity contribution is 7.18. The highest BCUT2D eigenvalue weighted by Crippen LogP contribution is 2.34. The molecule has 1 fully saturated rings. The third-order valence-electron chi connectivity index (χ3n) is 4.23. The fourth-order valence-corrected chi connectivity index (χ4v) is 4.91. The van der Waals surface area contributed by atoms with Crippen molar-refractivity contribution in [2.24, 2.45) is 0 Å². The average molecular weight is 358 g/mol. The Bertz CT molecular complexity index is 796. The summed E-state index contributed by atoms with van der Waals surface area (Å²) in [4.78, 5) is 20.3. The van der Waals surface area contributed by atoms with Crippen LogP contribution in [0.25, 0.3) is 10.2 Å². The fraction of sp³-hybridized carbons (Fsp3) is 0.333. The lowest BCUT2D eigenvalue weighted by atomic mass is 10.2. The van der Waals surface area contributed by atoms with Crippen LogP contribution in [0.4, 0.5) is 0 Å². The van der Waals surface area contributed by atoms with Crippen LogP contribution in [0, 0.1) is 0 Å². The molecule has 1 amide bonds. The minimum Gasteiger partial charge on any atom is -0.364 e. The molecule has 1 aliphatic rings. The summed E-state index contributed by atoms with van der Waals surface area (Å²) in [5, 5.41) is 2.99. The standard InChI is InChI=1S/C18H18N2O2S2/c21-18(20-9-3-6-14(20)16-8-4-10-23-16)12-22-11-17-19-13-5-1-2-7-15(13)24-17/h1-2,4-5,7-8,10,14H,3,6,9,11-12H2/t14-/m0/s1. The summed E-state index contributed by atoms with van der Waals surface area (Å²) in [6.45, 7) is 1.34. The highest BCUT2D eigenvalue weighted by Gasteiger charge is 2.30. The number of amides is 1. The number of fused-ring (bicyclic) bond motifs is 1. The predicted molar refractivity (Wildman–Crippen MR) is 97.3 cm³/mol. The normalized spacial score (nSPS) is 17.7. The summed E-state index contributed by atoms with van der Waals surface area (Å²) in [6.07, 6.45) is 2.11. The number of thiophene rings is 1. The van der Waals surface area contributed by atoms with E-state index in [1.54, 1.807) is 22.7 Å². The number of hydrogen-bond donors (Lipinski definition) is 0. The van der Waals surface area contributed by atoms with Crippen LogP contribution >= 0.6 is 22.7 Å². The maximum atomic E-state index is 12.5. The van der Waals surface area contributed by atoms with E-state index in [1.807, 2.05) is 29.2 Å². The summed E-state index contributed by atoms with van der Waals surface area (Å²) in [5.74, 6) is 0.0759. The number of rotatable bonds is 5. The molecule has 24 heavy (non-hydrogen) atoms. The van der Waals surface area contributed by atoms with Crippen LogP contribution in [0.1, 0.15) is 28.8 Å². The predicted octanol–water partition coefficient (Wildman–Crippen LogP) is 4.24. The molecule has 1 aliphatic heterocycles. The summed E-state index contributed by atoms with van der Waals surface area (Å²) in [6, 6.07) is 12.4. The number of nitrogens with zero attached hydrogens (tertiary/aromatic N) is 2. The summed E-state index contributed by atoms with van der Waals surface area (Å²) >= 11 is 3.34. The van der Waals surface area contributed by atoms with Gasteiger partial charge in [0.2, 0.25) is 5.91 Å². The molecule has 1 aromatic carbocycles. The second-order valence-electron chi connectivity index (χ2n) is 5.83. The quantitative estimate of drug-likeness (QED) is 0.685. The number of carbonyl (C=O) groups excluding carboxylic acids is 1. The van der Waals surface area contributed by atoms with Gasteiger partial charge in [0.1, 0.15) is 11.6 Å². The topological polar surface area (TPSA) is 42.4 Å². The Morgan fingerprint density at radius 2 is 2.21 bits per heavy atom. The van der Waals surface area contributed by atoms with Gasteiger partial charge in [0, 0.05) is 11.4 Å². The lowest BCUT2D eigenvalue weighted by molar-refractivity contribution is -0.137. The number of likely N-dealkylation sites (tertiary alicyclic amines) is 1. The van der Waals surface area contributed by atoms with Crippen molar-refractivity contribution in [2.75, 3.05) is 13.2 Å². The first-order valence-corrected chi connectivity index (χ1v) is 9.76. The van der Waals surface area contributed by atoms with Gasteiger partial charge in [-0.25, -0.2) is 4.98 Å². The molecule has 4 rings (SSSR count). The molecule has 3 heterocycles. The number of thiazole rings is 1. The summed E-state index contributed by atoms with van der Waals surface area (Å²) in [5.41, 5.74) is 0.990. The van der Waals surface area contributed by atoms with Gasteiger partial charge in [-0.3, -0.25) is 4.79 Å². The number of benzene rings is 1. The van der Waals surface area contributed by atoms with Gasteiger partial charge in [-0.15, -0.1) is 22.7 Å². The number of aromatic nitrogens is 1. The van der Waals surface area contributed by atoms with E-state index in [0.717, 1.165) is 34.6 Å². The van der Waals surface area contributed by atoms with Gasteiger partial charge in [0.05, 0.1) is 22.9 Å². The number of para-hydroxylation sites is 1. The molecule has 0 N–H and O–H groups in total. The zero-order valence-corrected chi connectivity index (χ0v) is 14.8. The molecule has 0 bridgehead atoms. The van der Waals surface area contributed by atoms with E-state index in [0.29, 0.717) is 6.61 Å². The van der Waals surface area contributed by atoms with Crippen molar-refractivity contribution in [3.8, 4) is 0 Å². The number of hydrogen-bond acceptors (Lipinski definition) is 5. The number of carbonyl (C=O) groups is 1. The van der Waals surface area contributed by atoms with Crippen LogP contribution in [0.3, 0.4) is 0 Å². The van der Waals surface area contributed by atoms with Crippen molar-refractivity contribution >= 4 is 38.8 Å². The van der Waals surface area contributed by atoms with E-state index in [9.17, 15) is 4.79 Å². The molecule has 0 saturated carbocycles. The van der Waals surface area contributed by atoms with Crippen molar-refractivity contribution < 1.29 is 9.53 Å². The molecule has 0 unspecified atom stereocenters. The molecule has 2 aromatic heterocycles. The van der Waals surface area contributed by atoms with Gasteiger partial charge in [-0.05, 0) is 36.4 Å². The van der Waals surface area contributed by atoms with Crippen molar-refractivity contribution in [1.82, 2.24) is 9.88 Å². The minimum atomic E-state index is 0.0759. The van der Waals surface area contributed by atoms with Gasteiger partial charge >= 0.3 is 0 Å². The second kappa shape index (κ2) is 7.01. The maximum absolute atomic E-state index is 12.5. The van der Waals surface area contributed by atoms with E-state index >= 15 is 0 Å². The Hall–Kier alpha value is -1.76. The van der Waals surface area contributed by atoms with Gasteiger partial charge in [-0.2, -0.15) is 0 Å². The van der Waals surface area contributed by atoms with Gasteiger partial charge < -0.3 is 9.64 Å². The molecular weight excluding hydrogens is 340 g/mol. The highest BCUT2D eigenvalue weighted by atomic mass is 32.1. The van der Waals surface area contributed by atoms with Crippen LogP contribution < -0.4 is 0 Å². The Labute approximate surface area is 148 Å². The Morgan fingerprint density at radius 1 is 1.29 bits per heavy atom. The first-order chi connectivity index (χ1) is 11.8. The molecule has 3 aromatic rings. The number of ether oxygens (including phenoxy) is 1. The molecular formula is C18H18N2O2S2. The van der Waals surface area contributed by atoms with Gasteiger partial charge in [0.25, 0.3) is 0 Å². The molecule has 6 heteroatoms. The van der Waals surface area contributed by atoms with E-state index in [4.69, 9.17) is 4.74 Å². The fourth-order valence-electron chi connectivity index (χ4n) is 3.13. The first kappa shape index (κ1) is 15.7. The molecule has 1 saturated heterocycles. The molecule has 124 valence electrons. The van der Waals surface area contributed by atoms with Gasteiger partial charge in [0.15, 0.2) is 0 Å². The molecule has 0 spiro atoms. The summed E-state index contributed by atoms with van der Waals surface area (Å²) < 4.78 is 6.80. The average Bonchev–Trinajstić information content (AvgIpc) is 3.33. The minimum absolute atomic E-state index is 0.0759. The lowest BCUT2D eigenvalue weighted by Crippen LogP contribution is -2.33. The van der Waals surface area contributed by atoms with Crippen molar-refractivity contribution in [3.05, 3.63) is 51.7 Å². The Morgan fingerprint density at radius 3 is 3.04 bits per heavy atom. The third kappa shape index (κ3) is 3.22. The zero-order valence-electron chi connectivity index (χ0n) is 13.2.